The molecule has 0 aromatic carbocycles. The smallest absolute Gasteiger partial charge is 0.303 e. The number of hydrogen-bond acceptors (Lipinski definition) is 9. The first-order chi connectivity index (χ1) is 19.2. The van der Waals surface area contributed by atoms with Gasteiger partial charge in [0.1, 0.15) is 0 Å². The maximum absolute atomic E-state index is 14.8. The summed E-state index contributed by atoms with van der Waals surface area (Å²) in [5.41, 5.74) is -3.70. The molecular weight excluding hydrogens is 516 g/mol. The maximum Gasteiger partial charge on any atom is 0.303 e. The van der Waals surface area contributed by atoms with E-state index in [0.717, 1.165) is 25.7 Å². The fourth-order valence-electron chi connectivity index (χ4n) is 15.4. The fourth-order valence-corrected chi connectivity index (χ4v) is 15.4. The fraction of sp³-hybridized carbons (Fsp3) is 0.800. The van der Waals surface area contributed by atoms with Gasteiger partial charge in [0.2, 0.25) is 0 Å². The van der Waals surface area contributed by atoms with Gasteiger partial charge in [-0.2, -0.15) is 0 Å². The number of ether oxygens (including phenoxy) is 2. The minimum atomic E-state index is -1.46. The summed E-state index contributed by atoms with van der Waals surface area (Å²) >= 11 is 0. The zero-order chi connectivity index (χ0) is 26.9. The van der Waals surface area contributed by atoms with Gasteiger partial charge < -0.3 is 14.7 Å². The molecule has 208 valence electrons. The number of hydrogen-bond donors (Lipinski definition) is 0. The molecule has 10 saturated carbocycles. The third-order valence-electron chi connectivity index (χ3n) is 15.1. The lowest BCUT2D eigenvalue weighted by Gasteiger charge is -2.52. The summed E-state index contributed by atoms with van der Waals surface area (Å²) in [5.74, 6) is 2.07. The van der Waals surface area contributed by atoms with Gasteiger partial charge in [0.25, 0.3) is 23.0 Å². The highest BCUT2D eigenvalue weighted by Crippen LogP contribution is 2.87. The second-order valence-corrected chi connectivity index (χ2v) is 15.2. The minimum absolute atomic E-state index is 0.0437. The zero-order valence-electron chi connectivity index (χ0n) is 22.2. The minimum Gasteiger partial charge on any atom is -0.450 e. The Kier molecular flexibility index (Phi) is 3.31. The van der Waals surface area contributed by atoms with E-state index in [1.54, 1.807) is 0 Å². The number of nitrogens with zero attached hydrogens (tertiary/aromatic N) is 2. The van der Waals surface area contributed by atoms with Crippen molar-refractivity contribution in [1.29, 1.82) is 0 Å². The average Bonchev–Trinajstić information content (AvgIpc) is 3.65. The van der Waals surface area contributed by atoms with Crippen molar-refractivity contribution >= 4 is 23.5 Å². The van der Waals surface area contributed by atoms with Crippen molar-refractivity contribution in [3.63, 3.8) is 0 Å². The van der Waals surface area contributed by atoms with Crippen LogP contribution in [-0.4, -0.2) is 39.9 Å². The Morgan fingerprint density at radius 2 is 1.15 bits per heavy atom. The summed E-state index contributed by atoms with van der Waals surface area (Å²) < 4.78 is 17.2. The lowest BCUT2D eigenvalue weighted by Crippen LogP contribution is -2.63. The third kappa shape index (κ3) is 1.78. The van der Waals surface area contributed by atoms with Crippen LogP contribution in [0.25, 0.3) is 0 Å². The molecule has 1 aromatic heterocycles. The number of Topliss-reactive ketones (excluding diaryl/α,β-unsaturated/α-hetero) is 2. The summed E-state index contributed by atoms with van der Waals surface area (Å²) in [6, 6.07) is 0. The van der Waals surface area contributed by atoms with E-state index in [2.05, 4.69) is 5.16 Å². The van der Waals surface area contributed by atoms with Crippen LogP contribution >= 0.6 is 0 Å². The molecule has 10 aliphatic carbocycles. The molecule has 0 amide bonds. The molecule has 10 heteroatoms. The molecule has 16 unspecified atom stereocenters. The van der Waals surface area contributed by atoms with Gasteiger partial charge in [-0.15, -0.1) is 0 Å². The van der Waals surface area contributed by atoms with Gasteiger partial charge in [-0.1, -0.05) is 0 Å². The Balaban J connectivity index is 1.06. The van der Waals surface area contributed by atoms with Crippen LogP contribution in [0.5, 0.6) is 0 Å². The van der Waals surface area contributed by atoms with E-state index >= 15 is 0 Å². The second-order valence-electron chi connectivity index (χ2n) is 15.2. The predicted molar refractivity (Wildman–Crippen MR) is 127 cm³/mol. The molecule has 0 radical (unpaired) electrons. The van der Waals surface area contributed by atoms with Crippen LogP contribution in [0.2, 0.25) is 0 Å². The van der Waals surface area contributed by atoms with E-state index in [9.17, 15) is 24.4 Å². The molecule has 4 bridgehead atoms. The molecule has 10 aliphatic rings. The van der Waals surface area contributed by atoms with E-state index in [0.29, 0.717) is 71.0 Å². The van der Waals surface area contributed by atoms with E-state index in [1.165, 1.54) is 13.8 Å². The normalized spacial score (nSPS) is 59.5. The molecule has 18 atom stereocenters. The van der Waals surface area contributed by atoms with Crippen molar-refractivity contribution in [2.24, 2.45) is 94.7 Å². The summed E-state index contributed by atoms with van der Waals surface area (Å²) in [7, 11) is 0. The molecule has 0 N–H and O–H groups in total. The van der Waals surface area contributed by atoms with Gasteiger partial charge in [0.15, 0.2) is 11.2 Å². The molecule has 0 spiro atoms. The molecule has 10 nitrogen and oxygen atoms in total. The predicted octanol–water partition coefficient (Wildman–Crippen LogP) is 1.83. The Morgan fingerprint density at radius 3 is 1.65 bits per heavy atom. The van der Waals surface area contributed by atoms with Gasteiger partial charge in [-0.3, -0.25) is 23.8 Å². The monoisotopic (exact) mass is 546 g/mol. The quantitative estimate of drug-likeness (QED) is 0.297. The molecule has 1 heterocycles. The first-order valence-corrected chi connectivity index (χ1v) is 15.3. The van der Waals surface area contributed by atoms with Gasteiger partial charge in [-0.25, -0.2) is 0 Å². The van der Waals surface area contributed by atoms with Crippen molar-refractivity contribution in [2.75, 3.05) is 0 Å². The maximum atomic E-state index is 14.8. The van der Waals surface area contributed by atoms with Crippen LogP contribution in [0.3, 0.4) is 0 Å². The molecule has 40 heavy (non-hydrogen) atoms. The largest absolute Gasteiger partial charge is 0.450 e. The Hall–Kier alpha value is -2.78. The Morgan fingerprint density at radius 1 is 0.700 bits per heavy atom. The SMILES string of the molecule is CC(=O)O[C@]1(C(=O)c2c(C(=O)[C@]3(OC(C)=O)C4C5CC6C7C5CC4C7C63)no[n+]2[O-])C2C3CC4C5C3CC2C5C41. The number of aromatic nitrogens is 2. The summed E-state index contributed by atoms with van der Waals surface area (Å²) in [6.45, 7) is 2.64. The molecule has 0 aliphatic heterocycles. The van der Waals surface area contributed by atoms with Crippen LogP contribution < -0.4 is 4.90 Å². The van der Waals surface area contributed by atoms with Crippen LogP contribution in [0, 0.1) is 99.9 Å². The number of carbonyl (C=O) groups excluding carboxylic acids is 4. The molecule has 10 fully saturated rings. The highest BCUT2D eigenvalue weighted by molar-refractivity contribution is 6.13. The van der Waals surface area contributed by atoms with Gasteiger partial charge >= 0.3 is 11.9 Å². The molecule has 1 aromatic rings. The molecule has 0 saturated heterocycles. The second kappa shape index (κ2) is 6.04. The van der Waals surface area contributed by atoms with Gasteiger partial charge in [0.05, 0.1) is 5.16 Å². The molecular formula is C30H30N2O8. The third-order valence-corrected chi connectivity index (χ3v) is 15.1. The van der Waals surface area contributed by atoms with E-state index < -0.39 is 40.4 Å². The number of esters is 2. The van der Waals surface area contributed by atoms with Crippen molar-refractivity contribution in [2.45, 2.75) is 50.7 Å². The van der Waals surface area contributed by atoms with Crippen LogP contribution in [-0.2, 0) is 19.1 Å². The van der Waals surface area contributed by atoms with Gasteiger partial charge in [0, 0.05) is 37.5 Å². The van der Waals surface area contributed by atoms with Crippen LogP contribution in [0.4, 0.5) is 0 Å². The Bertz CT molecular complexity index is 1520. The number of fused-ring (bicyclic) bond motifs is 4. The average molecular weight is 547 g/mol. The zero-order valence-corrected chi connectivity index (χ0v) is 22.2. The highest BCUT2D eigenvalue weighted by Gasteiger charge is 2.90. The number of ketones is 2. The first kappa shape index (κ1) is 21.9. The Labute approximate surface area is 229 Å². The van der Waals surface area contributed by atoms with Crippen LogP contribution in [0.15, 0.2) is 4.63 Å². The molecule has 11 rings (SSSR count). The summed E-state index contributed by atoms with van der Waals surface area (Å²) in [5, 5.41) is 17.2. The lowest BCUT2D eigenvalue weighted by atomic mass is 9.54. The summed E-state index contributed by atoms with van der Waals surface area (Å²) in [4.78, 5) is 54.7. The van der Waals surface area contributed by atoms with E-state index in [-0.39, 0.29) is 34.3 Å². The number of carbonyl (C=O) groups is 4. The van der Waals surface area contributed by atoms with Crippen molar-refractivity contribution < 1.29 is 38.2 Å². The topological polar surface area (TPSA) is 140 Å². The van der Waals surface area contributed by atoms with Gasteiger partial charge in [-0.05, 0) is 102 Å². The van der Waals surface area contributed by atoms with Crippen LogP contribution in [0.1, 0.15) is 60.5 Å². The van der Waals surface area contributed by atoms with Crippen molar-refractivity contribution in [3.05, 3.63) is 16.6 Å². The standard InChI is InChI=1S/C30H30N2O8/c1-7(33)38-29(21-11-5-13-17-9(11)3-15(21)19(17)23(13)29)27(35)25-26(32(37)40-31-25)28(36)30(39-8(2)34)22-12-6-14-18-10(12)4-16(22)20(18)24(14)30/h9-24H,3-6H2,1-2H3/t9?,10?,11?,12?,13?,14?,15?,16?,17?,18?,19?,20?,21?,22?,23?,24?,29-,30+/m0/s1. The lowest BCUT2D eigenvalue weighted by molar-refractivity contribution is -0.803. The highest BCUT2D eigenvalue weighted by atomic mass is 16.8. The van der Waals surface area contributed by atoms with Crippen molar-refractivity contribution in [3.8, 4) is 0 Å². The first-order valence-electron chi connectivity index (χ1n) is 15.3. The van der Waals surface area contributed by atoms with Crippen molar-refractivity contribution in [1.82, 2.24) is 5.16 Å². The summed E-state index contributed by atoms with van der Waals surface area (Å²) in [6.07, 6.45) is 4.22. The van der Waals surface area contributed by atoms with E-state index in [4.69, 9.17) is 14.1 Å². The van der Waals surface area contributed by atoms with E-state index in [1.807, 2.05) is 0 Å². The number of rotatable bonds is 6.